The van der Waals surface area contributed by atoms with Crippen molar-refractivity contribution in [3.05, 3.63) is 96.2 Å². The van der Waals surface area contributed by atoms with E-state index in [1.165, 1.54) is 0 Å². The van der Waals surface area contributed by atoms with E-state index in [1.54, 1.807) is 0 Å². The number of rotatable bonds is 9. The van der Waals surface area contributed by atoms with Crippen LogP contribution in [0.5, 0.6) is 5.75 Å². The van der Waals surface area contributed by atoms with Crippen LogP contribution in [-0.2, 0) is 16.7 Å². The molecule has 3 aromatic carbocycles. The van der Waals surface area contributed by atoms with Gasteiger partial charge in [-0.15, -0.1) is 0 Å². The van der Waals surface area contributed by atoms with Gasteiger partial charge in [-0.25, -0.2) is 8.42 Å². The molecule has 0 atom stereocenters. The van der Waals surface area contributed by atoms with Crippen molar-refractivity contribution in [2.45, 2.75) is 33.2 Å². The van der Waals surface area contributed by atoms with Crippen molar-refractivity contribution in [3.63, 3.8) is 0 Å². The molecule has 0 saturated heterocycles. The number of hydrogen-bond donors (Lipinski definition) is 0. The van der Waals surface area contributed by atoms with Gasteiger partial charge in [-0.05, 0) is 48.2 Å². The fourth-order valence-electron chi connectivity index (χ4n) is 4.70. The number of aromatic nitrogens is 1. The summed E-state index contributed by atoms with van der Waals surface area (Å²) < 4.78 is 47.8. The predicted octanol–water partition coefficient (Wildman–Crippen LogP) is 5.88. The highest BCUT2D eigenvalue weighted by atomic mass is 32.2. The summed E-state index contributed by atoms with van der Waals surface area (Å²) in [5, 5.41) is 0. The van der Waals surface area contributed by atoms with Gasteiger partial charge in [-0.2, -0.15) is 4.57 Å². The van der Waals surface area contributed by atoms with Crippen molar-refractivity contribution >= 4 is 33.0 Å². The van der Waals surface area contributed by atoms with E-state index in [-0.39, 0.29) is 6.42 Å². The number of para-hydroxylation sites is 2. The molecule has 1 aromatic heterocycles. The molecule has 0 radical (unpaired) electrons. The molecule has 1 aliphatic heterocycles. The average Bonchev–Trinajstić information content (AvgIpc) is 3.44. The van der Waals surface area contributed by atoms with Crippen molar-refractivity contribution in [2.24, 2.45) is 0 Å². The molecule has 0 fully saturated rings. The average molecular weight is 531 g/mol. The monoisotopic (exact) mass is 530 g/mol. The van der Waals surface area contributed by atoms with E-state index in [0.717, 1.165) is 52.5 Å². The fraction of sp³-hybridized carbons (Fsp3) is 0.233. The van der Waals surface area contributed by atoms with Crippen LogP contribution in [0, 0.1) is 0 Å². The number of oxazole rings is 1. The molecule has 5 rings (SSSR count). The Morgan fingerprint density at radius 1 is 1.00 bits per heavy atom. The van der Waals surface area contributed by atoms with Crippen molar-refractivity contribution in [2.75, 3.05) is 17.2 Å². The Morgan fingerprint density at radius 3 is 2.50 bits per heavy atom. The Labute approximate surface area is 223 Å². The van der Waals surface area contributed by atoms with Crippen LogP contribution in [0.15, 0.2) is 94.7 Å². The minimum Gasteiger partial charge on any atom is -0.748 e. The standard InChI is InChI=1S/C30H30N2O5S/c1-3-22(20-30-32(17-10-18-38(33,34)35)25-13-8-9-14-27(25)36-30)19-29-31(4-2)26-21-24(15-16-28(26)37-29)23-11-6-5-7-12-23/h5-9,11-16,19-21H,3-4,10,17-18H2,1-2H3. The van der Waals surface area contributed by atoms with Gasteiger partial charge in [0.1, 0.15) is 0 Å². The first kappa shape index (κ1) is 25.8. The van der Waals surface area contributed by atoms with E-state index in [9.17, 15) is 13.0 Å². The molecule has 0 N–H and O–H groups in total. The summed E-state index contributed by atoms with van der Waals surface area (Å²) in [5.74, 6) is 1.72. The van der Waals surface area contributed by atoms with Gasteiger partial charge in [0.2, 0.25) is 11.5 Å². The van der Waals surface area contributed by atoms with E-state index in [4.69, 9.17) is 9.15 Å². The molecule has 38 heavy (non-hydrogen) atoms. The summed E-state index contributed by atoms with van der Waals surface area (Å²) in [5.41, 5.74) is 5.82. The molecule has 0 bridgehead atoms. The van der Waals surface area contributed by atoms with Crippen molar-refractivity contribution in [1.29, 1.82) is 0 Å². The lowest BCUT2D eigenvalue weighted by Crippen LogP contribution is -2.36. The summed E-state index contributed by atoms with van der Waals surface area (Å²) in [7, 11) is -4.28. The highest BCUT2D eigenvalue weighted by molar-refractivity contribution is 7.85. The van der Waals surface area contributed by atoms with Crippen LogP contribution < -0.4 is 14.2 Å². The number of fused-ring (bicyclic) bond motifs is 2. The van der Waals surface area contributed by atoms with Gasteiger partial charge >= 0.3 is 5.89 Å². The Bertz CT molecular complexity index is 1620. The summed E-state index contributed by atoms with van der Waals surface area (Å²) in [4.78, 5) is 2.15. The molecule has 0 aliphatic carbocycles. The first-order chi connectivity index (χ1) is 18.4. The third-order valence-electron chi connectivity index (χ3n) is 6.59. The van der Waals surface area contributed by atoms with Gasteiger partial charge in [0.05, 0.1) is 21.9 Å². The molecule has 7 nitrogen and oxygen atoms in total. The topological polar surface area (TPSA) is 86.7 Å². The summed E-state index contributed by atoms with van der Waals surface area (Å²) in [6, 6.07) is 24.1. The second-order valence-electron chi connectivity index (χ2n) is 9.13. The maximum Gasteiger partial charge on any atom is 0.374 e. The molecule has 196 valence electrons. The van der Waals surface area contributed by atoms with Crippen LogP contribution in [0.4, 0.5) is 5.69 Å². The fourth-order valence-corrected chi connectivity index (χ4v) is 5.18. The van der Waals surface area contributed by atoms with Crippen molar-refractivity contribution in [1.82, 2.24) is 0 Å². The van der Waals surface area contributed by atoms with Crippen LogP contribution in [-0.4, -0.2) is 25.3 Å². The van der Waals surface area contributed by atoms with Crippen LogP contribution >= 0.6 is 0 Å². The number of aryl methyl sites for hydroxylation is 1. The quantitative estimate of drug-likeness (QED) is 0.199. The summed E-state index contributed by atoms with van der Waals surface area (Å²) in [6.45, 7) is 5.24. The van der Waals surface area contributed by atoms with Crippen LogP contribution in [0.25, 0.3) is 28.3 Å². The molecule has 0 saturated carbocycles. The second kappa shape index (κ2) is 10.8. The predicted molar refractivity (Wildman–Crippen MR) is 147 cm³/mol. The van der Waals surface area contributed by atoms with E-state index >= 15 is 0 Å². The zero-order valence-corrected chi connectivity index (χ0v) is 22.3. The van der Waals surface area contributed by atoms with Gasteiger partial charge in [0.25, 0.3) is 5.52 Å². The number of hydrogen-bond acceptors (Lipinski definition) is 6. The second-order valence-corrected chi connectivity index (χ2v) is 10.6. The Morgan fingerprint density at radius 2 is 1.76 bits per heavy atom. The van der Waals surface area contributed by atoms with Crippen LogP contribution in [0.1, 0.15) is 32.6 Å². The Kier molecular flexibility index (Phi) is 7.35. The highest BCUT2D eigenvalue weighted by Gasteiger charge is 2.26. The molecule has 1 aliphatic rings. The zero-order chi connectivity index (χ0) is 26.7. The number of allylic oxidation sites excluding steroid dienone is 2. The van der Waals surface area contributed by atoms with Gasteiger partial charge < -0.3 is 18.6 Å². The summed E-state index contributed by atoms with van der Waals surface area (Å²) in [6.07, 6.45) is 4.90. The van der Waals surface area contributed by atoms with Gasteiger partial charge in [0.15, 0.2) is 12.3 Å². The molecule has 0 spiro atoms. The number of benzene rings is 3. The number of nitrogens with zero attached hydrogens (tertiary/aromatic N) is 2. The SMILES string of the molecule is CCC(=C/c1oc2ccccc2[n+]1CCCS(=O)(=O)[O-])/C=C1\Oc2ccc(-c3ccccc3)cc2N1CC. The normalized spacial score (nSPS) is 14.8. The molecule has 0 amide bonds. The third-order valence-corrected chi connectivity index (χ3v) is 7.38. The lowest BCUT2D eigenvalue weighted by molar-refractivity contribution is -0.677. The van der Waals surface area contributed by atoms with Crippen molar-refractivity contribution in [3.8, 4) is 16.9 Å². The van der Waals surface area contributed by atoms with E-state index < -0.39 is 15.9 Å². The third kappa shape index (κ3) is 5.51. The smallest absolute Gasteiger partial charge is 0.374 e. The van der Waals surface area contributed by atoms with Crippen molar-refractivity contribution < 1.29 is 26.7 Å². The van der Waals surface area contributed by atoms with Gasteiger partial charge in [0, 0.05) is 30.9 Å². The Hall–Kier alpha value is -3.88. The maximum absolute atomic E-state index is 11.2. The van der Waals surface area contributed by atoms with E-state index in [0.29, 0.717) is 18.0 Å². The molecule has 0 unspecified atom stereocenters. The van der Waals surface area contributed by atoms with Crippen LogP contribution in [0.3, 0.4) is 0 Å². The molecule has 2 heterocycles. The molecule has 8 heteroatoms. The lowest BCUT2D eigenvalue weighted by Gasteiger charge is -2.16. The number of ether oxygens (including phenoxy) is 1. The minimum atomic E-state index is -4.28. The first-order valence-electron chi connectivity index (χ1n) is 12.8. The van der Waals surface area contributed by atoms with E-state index in [1.807, 2.05) is 65.3 Å². The lowest BCUT2D eigenvalue weighted by atomic mass is 10.0. The van der Waals surface area contributed by atoms with Crippen LogP contribution in [0.2, 0.25) is 0 Å². The van der Waals surface area contributed by atoms with Gasteiger partial charge in [-0.1, -0.05) is 55.5 Å². The maximum atomic E-state index is 11.2. The minimum absolute atomic E-state index is 0.204. The largest absolute Gasteiger partial charge is 0.748 e. The van der Waals surface area contributed by atoms with Gasteiger partial charge in [-0.3, -0.25) is 0 Å². The molecular formula is C30H30N2O5S. The first-order valence-corrected chi connectivity index (χ1v) is 14.4. The van der Waals surface area contributed by atoms with E-state index in [2.05, 4.69) is 43.0 Å². The number of anilines is 1. The zero-order valence-electron chi connectivity index (χ0n) is 21.5. The molecule has 4 aromatic rings. The highest BCUT2D eigenvalue weighted by Crippen LogP contribution is 2.41. The molecular weight excluding hydrogens is 500 g/mol. The summed E-state index contributed by atoms with van der Waals surface area (Å²) >= 11 is 0. The Balaban J connectivity index is 1.48.